The normalized spacial score (nSPS) is 14.4. The Morgan fingerprint density at radius 3 is 2.64 bits per heavy atom. The van der Waals surface area contributed by atoms with Crippen LogP contribution >= 0.6 is 0 Å². The number of aryl methyl sites for hydroxylation is 1. The molecule has 1 rings (SSSR count). The van der Waals surface area contributed by atoms with Crippen molar-refractivity contribution < 1.29 is 13.2 Å². The molecular weight excluding hydrogens is 197 g/mol. The number of nitrogens with zero attached hydrogens (tertiary/aromatic N) is 2. The smallest absolute Gasteiger partial charge is 0.337 e. The Morgan fingerprint density at radius 2 is 2.29 bits per heavy atom. The Kier molecular flexibility index (Phi) is 3.12. The molecule has 1 atom stereocenters. The van der Waals surface area contributed by atoms with Gasteiger partial charge < -0.3 is 4.57 Å². The summed E-state index contributed by atoms with van der Waals surface area (Å²) >= 11 is 0. The zero-order chi connectivity index (χ0) is 10.8. The van der Waals surface area contributed by atoms with Crippen LogP contribution in [0.3, 0.4) is 0 Å². The number of imidazole rings is 1. The molecule has 4 nitrogen and oxygen atoms in total. The minimum Gasteiger partial charge on any atom is -0.337 e. The number of nitrogens with one attached hydrogen (secondary N) is 1. The van der Waals surface area contributed by atoms with E-state index in [0.717, 1.165) is 0 Å². The minimum atomic E-state index is -4.26. The molecule has 1 aromatic heterocycles. The van der Waals surface area contributed by atoms with Gasteiger partial charge in [0.25, 0.3) is 0 Å². The molecular formula is C7H11F3N4. The lowest BCUT2D eigenvalue weighted by Gasteiger charge is -2.17. The largest absolute Gasteiger partial charge is 0.391 e. The average molecular weight is 208 g/mol. The number of halogens is 3. The molecule has 0 aromatic carbocycles. The Balaban J connectivity index is 2.78. The minimum absolute atomic E-state index is 0.268. The van der Waals surface area contributed by atoms with Crippen LogP contribution in [0.2, 0.25) is 0 Å². The summed E-state index contributed by atoms with van der Waals surface area (Å²) < 4.78 is 37.7. The van der Waals surface area contributed by atoms with Gasteiger partial charge in [-0.15, -0.1) is 0 Å². The number of hydrogen-bond donors (Lipinski definition) is 2. The molecule has 7 heteroatoms. The van der Waals surface area contributed by atoms with Crippen LogP contribution in [-0.2, 0) is 7.05 Å². The van der Waals surface area contributed by atoms with Crippen LogP contribution in [0.4, 0.5) is 13.2 Å². The summed E-state index contributed by atoms with van der Waals surface area (Å²) in [6.45, 7) is 0. The Hall–Kier alpha value is -1.08. The van der Waals surface area contributed by atoms with E-state index in [9.17, 15) is 13.2 Å². The molecule has 0 bridgehead atoms. The number of rotatable bonds is 3. The van der Waals surface area contributed by atoms with Crippen molar-refractivity contribution in [1.29, 1.82) is 0 Å². The fraction of sp³-hybridized carbons (Fsp3) is 0.571. The first kappa shape index (κ1) is 11.0. The summed E-state index contributed by atoms with van der Waals surface area (Å²) in [5.74, 6) is 5.31. The van der Waals surface area contributed by atoms with Crippen LogP contribution < -0.4 is 11.3 Å². The van der Waals surface area contributed by atoms with Gasteiger partial charge in [0.15, 0.2) is 0 Å². The fourth-order valence-corrected chi connectivity index (χ4v) is 1.17. The maximum atomic E-state index is 12.1. The predicted octanol–water partition coefficient (Wildman–Crippen LogP) is 0.877. The van der Waals surface area contributed by atoms with Gasteiger partial charge in [0, 0.05) is 19.4 Å². The number of nitrogens with two attached hydrogens (primary N) is 1. The third kappa shape index (κ3) is 2.71. The summed E-state index contributed by atoms with van der Waals surface area (Å²) in [5.41, 5.74) is 2.10. The van der Waals surface area contributed by atoms with E-state index in [1.807, 2.05) is 0 Å². The topological polar surface area (TPSA) is 55.9 Å². The number of hydrazine groups is 1. The molecule has 0 saturated carbocycles. The molecule has 0 aliphatic heterocycles. The van der Waals surface area contributed by atoms with E-state index in [0.29, 0.717) is 0 Å². The molecule has 1 heterocycles. The highest BCUT2D eigenvalue weighted by molar-refractivity contribution is 4.98. The molecule has 0 spiro atoms. The highest BCUT2D eigenvalue weighted by Crippen LogP contribution is 2.27. The molecule has 1 unspecified atom stereocenters. The zero-order valence-electron chi connectivity index (χ0n) is 7.54. The predicted molar refractivity (Wildman–Crippen MR) is 43.9 cm³/mol. The Morgan fingerprint density at radius 1 is 1.64 bits per heavy atom. The van der Waals surface area contributed by atoms with Crippen molar-refractivity contribution in [3.8, 4) is 0 Å². The molecule has 3 N–H and O–H groups in total. The first-order valence-corrected chi connectivity index (χ1v) is 3.94. The second-order valence-corrected chi connectivity index (χ2v) is 2.93. The van der Waals surface area contributed by atoms with Gasteiger partial charge >= 0.3 is 6.18 Å². The number of hydrogen-bond acceptors (Lipinski definition) is 3. The molecule has 0 amide bonds. The fourth-order valence-electron chi connectivity index (χ4n) is 1.17. The van der Waals surface area contributed by atoms with Gasteiger partial charge in [0.05, 0.1) is 12.5 Å². The zero-order valence-corrected chi connectivity index (χ0v) is 7.54. The van der Waals surface area contributed by atoms with E-state index in [-0.39, 0.29) is 5.82 Å². The quantitative estimate of drug-likeness (QED) is 0.572. The van der Waals surface area contributed by atoms with Crippen molar-refractivity contribution in [3.63, 3.8) is 0 Å². The van der Waals surface area contributed by atoms with E-state index in [4.69, 9.17) is 5.84 Å². The van der Waals surface area contributed by atoms with Crippen LogP contribution in [0.15, 0.2) is 12.4 Å². The molecule has 0 radical (unpaired) electrons. The van der Waals surface area contributed by atoms with E-state index < -0.39 is 18.6 Å². The van der Waals surface area contributed by atoms with Gasteiger partial charge in [0.2, 0.25) is 0 Å². The summed E-state index contributed by atoms with van der Waals surface area (Å²) in [6, 6.07) is -1.00. The lowest BCUT2D eigenvalue weighted by molar-refractivity contribution is -0.141. The van der Waals surface area contributed by atoms with Crippen molar-refractivity contribution in [2.75, 3.05) is 0 Å². The molecule has 14 heavy (non-hydrogen) atoms. The van der Waals surface area contributed by atoms with Crippen LogP contribution in [0, 0.1) is 0 Å². The first-order chi connectivity index (χ1) is 6.44. The van der Waals surface area contributed by atoms with Crippen LogP contribution in [0.5, 0.6) is 0 Å². The third-order valence-electron chi connectivity index (χ3n) is 1.81. The highest BCUT2D eigenvalue weighted by Gasteiger charge is 2.33. The van der Waals surface area contributed by atoms with Crippen molar-refractivity contribution in [1.82, 2.24) is 15.0 Å². The molecule has 0 saturated heterocycles. The van der Waals surface area contributed by atoms with Crippen molar-refractivity contribution in [2.45, 2.75) is 18.6 Å². The van der Waals surface area contributed by atoms with Crippen LogP contribution in [-0.4, -0.2) is 15.7 Å². The average Bonchev–Trinajstić information content (AvgIpc) is 2.45. The van der Waals surface area contributed by atoms with E-state index in [1.165, 1.54) is 10.8 Å². The lowest BCUT2D eigenvalue weighted by Crippen LogP contribution is -2.33. The summed E-state index contributed by atoms with van der Waals surface area (Å²) in [7, 11) is 1.61. The van der Waals surface area contributed by atoms with Crippen molar-refractivity contribution in [2.24, 2.45) is 12.9 Å². The molecule has 0 fully saturated rings. The highest BCUT2D eigenvalue weighted by atomic mass is 19.4. The third-order valence-corrected chi connectivity index (χ3v) is 1.81. The molecule has 0 aliphatic rings. The van der Waals surface area contributed by atoms with Gasteiger partial charge in [-0.25, -0.2) is 10.4 Å². The van der Waals surface area contributed by atoms with Crippen molar-refractivity contribution >= 4 is 0 Å². The van der Waals surface area contributed by atoms with Crippen LogP contribution in [0.25, 0.3) is 0 Å². The second kappa shape index (κ2) is 3.97. The molecule has 1 aromatic rings. The van der Waals surface area contributed by atoms with Crippen molar-refractivity contribution in [3.05, 3.63) is 18.2 Å². The lowest BCUT2D eigenvalue weighted by atomic mass is 10.2. The summed E-state index contributed by atoms with van der Waals surface area (Å²) in [4.78, 5) is 3.79. The molecule has 0 aliphatic carbocycles. The Bertz CT molecular complexity index is 293. The van der Waals surface area contributed by atoms with Gasteiger partial charge in [-0.3, -0.25) is 5.84 Å². The first-order valence-electron chi connectivity index (χ1n) is 3.94. The number of aromatic nitrogens is 2. The van der Waals surface area contributed by atoms with E-state index in [2.05, 4.69) is 10.4 Å². The van der Waals surface area contributed by atoms with Gasteiger partial charge in [-0.2, -0.15) is 13.2 Å². The van der Waals surface area contributed by atoms with Gasteiger partial charge in [0.1, 0.15) is 5.82 Å². The van der Waals surface area contributed by atoms with Gasteiger partial charge in [-0.1, -0.05) is 0 Å². The molecule has 80 valence electrons. The standard InChI is InChI=1S/C7H11F3N4/c1-14-3-2-12-6(14)5(13-11)4-7(8,9)10/h2-3,5,13H,4,11H2,1H3. The Labute approximate surface area is 78.9 Å². The monoisotopic (exact) mass is 208 g/mol. The maximum absolute atomic E-state index is 12.1. The van der Waals surface area contributed by atoms with E-state index in [1.54, 1.807) is 13.2 Å². The van der Waals surface area contributed by atoms with E-state index >= 15 is 0 Å². The maximum Gasteiger partial charge on any atom is 0.391 e. The van der Waals surface area contributed by atoms with Gasteiger partial charge in [-0.05, 0) is 0 Å². The van der Waals surface area contributed by atoms with Crippen LogP contribution in [0.1, 0.15) is 18.3 Å². The second-order valence-electron chi connectivity index (χ2n) is 2.93. The number of alkyl halides is 3. The SMILES string of the molecule is Cn1ccnc1C(CC(F)(F)F)NN. The summed E-state index contributed by atoms with van der Waals surface area (Å²) in [6.07, 6.45) is -2.30. The summed E-state index contributed by atoms with van der Waals surface area (Å²) in [5, 5.41) is 0.